The standard InChI is InChI=1S/C25H25N3O7S/c1-34-22-13-12-21(14-23(22)35-2)36(32,33)28(16-19-6-4-3-5-7-19)17-24(29)27-26-15-18-8-10-20(11-9-18)25(30)31/h3-15H,16-17H2,1-2H3,(H,27,29)(H,30,31). The second kappa shape index (κ2) is 12.0. The maximum Gasteiger partial charge on any atom is 0.335 e. The van der Waals surface area contributed by atoms with Gasteiger partial charge in [-0.05, 0) is 35.4 Å². The van der Waals surface area contributed by atoms with Gasteiger partial charge in [-0.1, -0.05) is 42.5 Å². The summed E-state index contributed by atoms with van der Waals surface area (Å²) in [5, 5.41) is 12.8. The van der Waals surface area contributed by atoms with Gasteiger partial charge in [0.2, 0.25) is 10.0 Å². The predicted octanol–water partition coefficient (Wildman–Crippen LogP) is 2.74. The average Bonchev–Trinajstić information content (AvgIpc) is 2.88. The minimum Gasteiger partial charge on any atom is -0.493 e. The number of sulfonamides is 1. The smallest absolute Gasteiger partial charge is 0.335 e. The topological polar surface area (TPSA) is 135 Å². The number of hydrazone groups is 1. The molecule has 0 aliphatic rings. The van der Waals surface area contributed by atoms with Crippen LogP contribution in [-0.4, -0.2) is 56.7 Å². The fourth-order valence-electron chi connectivity index (χ4n) is 3.23. The van der Waals surface area contributed by atoms with Crippen molar-refractivity contribution in [2.24, 2.45) is 5.10 Å². The molecular weight excluding hydrogens is 486 g/mol. The number of rotatable bonds is 11. The van der Waals surface area contributed by atoms with Gasteiger partial charge in [0.1, 0.15) is 0 Å². The number of carboxylic acids is 1. The number of carbonyl (C=O) groups excluding carboxylic acids is 1. The monoisotopic (exact) mass is 511 g/mol. The number of carbonyl (C=O) groups is 2. The fourth-order valence-corrected chi connectivity index (χ4v) is 4.63. The van der Waals surface area contributed by atoms with Crippen molar-refractivity contribution in [3.8, 4) is 11.5 Å². The summed E-state index contributed by atoms with van der Waals surface area (Å²) in [4.78, 5) is 23.5. The van der Waals surface area contributed by atoms with Crippen LogP contribution in [0, 0.1) is 0 Å². The van der Waals surface area contributed by atoms with Crippen LogP contribution in [0.4, 0.5) is 0 Å². The van der Waals surface area contributed by atoms with Gasteiger partial charge in [-0.15, -0.1) is 0 Å². The van der Waals surface area contributed by atoms with Crippen molar-refractivity contribution in [1.29, 1.82) is 0 Å². The Hall–Kier alpha value is -4.22. The van der Waals surface area contributed by atoms with E-state index in [0.717, 1.165) is 4.31 Å². The van der Waals surface area contributed by atoms with Crippen LogP contribution >= 0.6 is 0 Å². The van der Waals surface area contributed by atoms with Gasteiger partial charge in [-0.3, -0.25) is 4.79 Å². The first kappa shape index (κ1) is 26.4. The predicted molar refractivity (Wildman–Crippen MR) is 133 cm³/mol. The van der Waals surface area contributed by atoms with E-state index in [9.17, 15) is 18.0 Å². The molecule has 36 heavy (non-hydrogen) atoms. The lowest BCUT2D eigenvalue weighted by atomic mass is 10.1. The number of methoxy groups -OCH3 is 2. The van der Waals surface area contributed by atoms with Crippen molar-refractivity contribution in [3.05, 3.63) is 89.5 Å². The molecule has 0 aliphatic carbocycles. The van der Waals surface area contributed by atoms with Gasteiger partial charge in [-0.2, -0.15) is 9.41 Å². The summed E-state index contributed by atoms with van der Waals surface area (Å²) < 4.78 is 38.4. The largest absolute Gasteiger partial charge is 0.493 e. The van der Waals surface area contributed by atoms with E-state index >= 15 is 0 Å². The van der Waals surface area contributed by atoms with Crippen molar-refractivity contribution >= 4 is 28.1 Å². The van der Waals surface area contributed by atoms with Crippen molar-refractivity contribution in [2.45, 2.75) is 11.4 Å². The van der Waals surface area contributed by atoms with Crippen LogP contribution in [0.25, 0.3) is 0 Å². The van der Waals surface area contributed by atoms with Gasteiger partial charge < -0.3 is 14.6 Å². The second-order valence-corrected chi connectivity index (χ2v) is 9.43. The maximum absolute atomic E-state index is 13.5. The van der Waals surface area contributed by atoms with Crippen molar-refractivity contribution in [1.82, 2.24) is 9.73 Å². The minimum atomic E-state index is -4.11. The van der Waals surface area contributed by atoms with Crippen molar-refractivity contribution in [3.63, 3.8) is 0 Å². The zero-order valence-corrected chi connectivity index (χ0v) is 20.4. The number of aromatic carboxylic acids is 1. The number of carboxylic acid groups (broad SMARTS) is 1. The van der Waals surface area contributed by atoms with E-state index in [1.807, 2.05) is 0 Å². The number of amides is 1. The number of nitrogens with one attached hydrogen (secondary N) is 1. The Morgan fingerprint density at radius 1 is 0.972 bits per heavy atom. The molecule has 2 N–H and O–H groups in total. The molecule has 1 amide bonds. The van der Waals surface area contributed by atoms with Crippen LogP contribution in [0.2, 0.25) is 0 Å². The summed E-state index contributed by atoms with van der Waals surface area (Å²) >= 11 is 0. The first-order valence-electron chi connectivity index (χ1n) is 10.7. The van der Waals surface area contributed by atoms with Crippen LogP contribution in [0.1, 0.15) is 21.5 Å². The summed E-state index contributed by atoms with van der Waals surface area (Å²) in [5.41, 5.74) is 3.68. The van der Waals surface area contributed by atoms with Crippen LogP contribution in [0.15, 0.2) is 82.8 Å². The van der Waals surface area contributed by atoms with E-state index in [4.69, 9.17) is 14.6 Å². The quantitative estimate of drug-likeness (QED) is 0.299. The highest BCUT2D eigenvalue weighted by Gasteiger charge is 2.28. The summed E-state index contributed by atoms with van der Waals surface area (Å²) in [7, 11) is -1.27. The van der Waals surface area contributed by atoms with Crippen LogP contribution in [0.3, 0.4) is 0 Å². The Labute approximate surface area is 208 Å². The molecule has 0 aliphatic heterocycles. The molecule has 0 aromatic heterocycles. The summed E-state index contributed by atoms with van der Waals surface area (Å²) in [6.45, 7) is -0.549. The molecule has 0 bridgehead atoms. The lowest BCUT2D eigenvalue weighted by Crippen LogP contribution is -2.39. The molecule has 0 saturated heterocycles. The van der Waals surface area contributed by atoms with Gasteiger partial charge in [0.15, 0.2) is 11.5 Å². The van der Waals surface area contributed by atoms with E-state index < -0.39 is 28.4 Å². The molecule has 188 valence electrons. The molecule has 0 unspecified atom stereocenters. The van der Waals surface area contributed by atoms with Gasteiger partial charge in [0.25, 0.3) is 5.91 Å². The van der Waals surface area contributed by atoms with Crippen molar-refractivity contribution < 1.29 is 32.6 Å². The van der Waals surface area contributed by atoms with Crippen LogP contribution in [0.5, 0.6) is 11.5 Å². The van der Waals surface area contributed by atoms with E-state index in [1.54, 1.807) is 30.3 Å². The lowest BCUT2D eigenvalue weighted by Gasteiger charge is -2.22. The molecule has 0 radical (unpaired) electrons. The average molecular weight is 512 g/mol. The Bertz CT molecular complexity index is 1340. The number of nitrogens with zero attached hydrogens (tertiary/aromatic N) is 2. The van der Waals surface area contributed by atoms with Crippen LogP contribution < -0.4 is 14.9 Å². The number of benzene rings is 3. The number of hydrogen-bond acceptors (Lipinski definition) is 7. The first-order valence-corrected chi connectivity index (χ1v) is 12.1. The highest BCUT2D eigenvalue weighted by Crippen LogP contribution is 2.31. The molecule has 0 fully saturated rings. The fraction of sp³-hybridized carbons (Fsp3) is 0.160. The third kappa shape index (κ3) is 6.68. The maximum atomic E-state index is 13.5. The highest BCUT2D eigenvalue weighted by atomic mass is 32.2. The Morgan fingerprint density at radius 3 is 2.25 bits per heavy atom. The van der Waals surface area contributed by atoms with E-state index in [-0.39, 0.29) is 22.8 Å². The number of hydrogen-bond donors (Lipinski definition) is 2. The van der Waals surface area contributed by atoms with Crippen molar-refractivity contribution in [2.75, 3.05) is 20.8 Å². The Morgan fingerprint density at radius 2 is 1.64 bits per heavy atom. The van der Waals surface area contributed by atoms with Gasteiger partial charge in [0, 0.05) is 12.6 Å². The number of ether oxygens (including phenoxy) is 2. The summed E-state index contributed by atoms with van der Waals surface area (Å²) in [6.07, 6.45) is 1.33. The molecule has 0 atom stereocenters. The first-order chi connectivity index (χ1) is 17.2. The minimum absolute atomic E-state index is 0.0503. The molecule has 3 rings (SSSR count). The molecule has 10 nitrogen and oxygen atoms in total. The van der Waals surface area contributed by atoms with Crippen LogP contribution in [-0.2, 0) is 21.4 Å². The van der Waals surface area contributed by atoms with Gasteiger partial charge in [-0.25, -0.2) is 18.6 Å². The zero-order valence-electron chi connectivity index (χ0n) is 19.6. The van der Waals surface area contributed by atoms with Gasteiger partial charge in [0.05, 0.1) is 37.4 Å². The Balaban J connectivity index is 1.80. The van der Waals surface area contributed by atoms with E-state index in [1.165, 1.54) is 62.9 Å². The van der Waals surface area contributed by atoms with E-state index in [0.29, 0.717) is 16.9 Å². The molecule has 0 heterocycles. The third-order valence-electron chi connectivity index (χ3n) is 5.07. The lowest BCUT2D eigenvalue weighted by molar-refractivity contribution is -0.121. The zero-order chi connectivity index (χ0) is 26.1. The highest BCUT2D eigenvalue weighted by molar-refractivity contribution is 7.89. The molecular formula is C25H25N3O7S. The molecule has 0 saturated carbocycles. The molecule has 3 aromatic carbocycles. The summed E-state index contributed by atoms with van der Waals surface area (Å²) in [5.74, 6) is -1.11. The van der Waals surface area contributed by atoms with Gasteiger partial charge >= 0.3 is 5.97 Å². The second-order valence-electron chi connectivity index (χ2n) is 7.50. The molecule has 0 spiro atoms. The molecule has 11 heteroatoms. The Kier molecular flexibility index (Phi) is 8.76. The molecule has 3 aromatic rings. The van der Waals surface area contributed by atoms with E-state index in [2.05, 4.69) is 10.5 Å². The third-order valence-corrected chi connectivity index (χ3v) is 6.86. The SMILES string of the molecule is COc1ccc(S(=O)(=O)N(CC(=O)NN=Cc2ccc(C(=O)O)cc2)Cc2ccccc2)cc1OC. The summed E-state index contributed by atoms with van der Waals surface area (Å²) in [6, 6.07) is 18.9. The normalized spacial score (nSPS) is 11.4.